The third-order valence-corrected chi connectivity index (χ3v) is 4.40. The lowest BCUT2D eigenvalue weighted by atomic mass is 10.2. The van der Waals surface area contributed by atoms with E-state index in [-0.39, 0.29) is 6.61 Å². The van der Waals surface area contributed by atoms with E-state index in [1.165, 1.54) is 11.3 Å². The molecule has 0 fully saturated rings. The van der Waals surface area contributed by atoms with E-state index in [9.17, 15) is 5.11 Å². The minimum absolute atomic E-state index is 0.0478. The average Bonchev–Trinajstić information content (AvgIpc) is 3.20. The number of fused-ring (bicyclic) bond motifs is 1. The summed E-state index contributed by atoms with van der Waals surface area (Å²) in [7, 11) is 0. The molecule has 0 aliphatic carbocycles. The molecule has 0 amide bonds. The van der Waals surface area contributed by atoms with Gasteiger partial charge >= 0.3 is 0 Å². The lowest BCUT2D eigenvalue weighted by Gasteiger charge is -2.01. The summed E-state index contributed by atoms with van der Waals surface area (Å²) in [6.07, 6.45) is 0. The third-order valence-electron chi connectivity index (χ3n) is 3.50. The quantitative estimate of drug-likeness (QED) is 0.628. The Morgan fingerprint density at radius 2 is 1.77 bits per heavy atom. The fourth-order valence-corrected chi connectivity index (χ4v) is 3.29. The molecular formula is C17H13N3OS. The number of aliphatic hydroxyl groups is 1. The maximum Gasteiger partial charge on any atom is 0.144 e. The molecule has 108 valence electrons. The maximum atomic E-state index is 9.21. The molecule has 2 heterocycles. The van der Waals surface area contributed by atoms with Gasteiger partial charge in [0.05, 0.1) is 23.5 Å². The van der Waals surface area contributed by atoms with Gasteiger partial charge in [-0.2, -0.15) is 5.10 Å². The SMILES string of the molecule is OCc1csc(-c2nn(-c3ccccc3)c3ccccc23)n1. The molecule has 0 saturated heterocycles. The molecule has 4 nitrogen and oxygen atoms in total. The second-order valence-electron chi connectivity index (χ2n) is 4.92. The molecule has 4 aromatic rings. The number of nitrogens with zero attached hydrogens (tertiary/aromatic N) is 3. The van der Waals surface area contributed by atoms with Crippen LogP contribution in [0.5, 0.6) is 0 Å². The summed E-state index contributed by atoms with van der Waals surface area (Å²) >= 11 is 1.50. The largest absolute Gasteiger partial charge is 0.390 e. The van der Waals surface area contributed by atoms with E-state index in [1.54, 1.807) is 0 Å². The second-order valence-corrected chi connectivity index (χ2v) is 5.77. The van der Waals surface area contributed by atoms with E-state index in [0.717, 1.165) is 27.3 Å². The Morgan fingerprint density at radius 3 is 2.55 bits per heavy atom. The Hall–Kier alpha value is -2.50. The van der Waals surface area contributed by atoms with Crippen LogP contribution in [0.4, 0.5) is 0 Å². The summed E-state index contributed by atoms with van der Waals surface area (Å²) in [4.78, 5) is 4.45. The number of para-hydroxylation sites is 2. The van der Waals surface area contributed by atoms with Gasteiger partial charge in [0, 0.05) is 10.8 Å². The highest BCUT2D eigenvalue weighted by atomic mass is 32.1. The van der Waals surface area contributed by atoms with Crippen molar-refractivity contribution < 1.29 is 5.11 Å². The molecule has 4 rings (SSSR count). The molecule has 5 heteroatoms. The van der Waals surface area contributed by atoms with Crippen molar-refractivity contribution >= 4 is 22.2 Å². The zero-order valence-electron chi connectivity index (χ0n) is 11.7. The monoisotopic (exact) mass is 307 g/mol. The maximum absolute atomic E-state index is 9.21. The summed E-state index contributed by atoms with van der Waals surface area (Å²) in [6, 6.07) is 18.2. The first-order chi connectivity index (χ1) is 10.9. The molecule has 0 saturated carbocycles. The van der Waals surface area contributed by atoms with Crippen LogP contribution < -0.4 is 0 Å². The van der Waals surface area contributed by atoms with E-state index >= 15 is 0 Å². The van der Waals surface area contributed by atoms with Crippen LogP contribution >= 0.6 is 11.3 Å². The molecule has 0 spiro atoms. The summed E-state index contributed by atoms with van der Waals surface area (Å²) in [6.45, 7) is -0.0478. The Labute approximate surface area is 131 Å². The van der Waals surface area contributed by atoms with Gasteiger partial charge in [0.25, 0.3) is 0 Å². The fourth-order valence-electron chi connectivity index (χ4n) is 2.48. The van der Waals surface area contributed by atoms with Gasteiger partial charge in [0.15, 0.2) is 0 Å². The zero-order valence-corrected chi connectivity index (χ0v) is 12.5. The Morgan fingerprint density at radius 1 is 1.00 bits per heavy atom. The van der Waals surface area contributed by atoms with Crippen LogP contribution in [0.25, 0.3) is 27.3 Å². The molecule has 22 heavy (non-hydrogen) atoms. The molecule has 2 aromatic heterocycles. The van der Waals surface area contributed by atoms with Gasteiger partial charge in [0.2, 0.25) is 0 Å². The minimum atomic E-state index is -0.0478. The third kappa shape index (κ3) is 2.11. The molecule has 0 aliphatic heterocycles. The Balaban J connectivity index is 1.97. The lowest BCUT2D eigenvalue weighted by Crippen LogP contribution is -1.95. The number of hydrogen-bond acceptors (Lipinski definition) is 4. The smallest absolute Gasteiger partial charge is 0.144 e. The summed E-state index contributed by atoms with van der Waals surface area (Å²) in [5.74, 6) is 0. The van der Waals surface area contributed by atoms with Crippen molar-refractivity contribution in [3.63, 3.8) is 0 Å². The standard InChI is InChI=1S/C17H13N3OS/c21-10-12-11-22-17(18-12)16-14-8-4-5-9-15(14)20(19-16)13-6-2-1-3-7-13/h1-9,11,21H,10H2. The molecule has 2 aromatic carbocycles. The predicted octanol–water partition coefficient (Wildman–Crippen LogP) is 3.64. The van der Waals surface area contributed by atoms with Crippen molar-refractivity contribution in [3.05, 3.63) is 65.7 Å². The highest BCUT2D eigenvalue weighted by molar-refractivity contribution is 7.13. The predicted molar refractivity (Wildman–Crippen MR) is 88.1 cm³/mol. The lowest BCUT2D eigenvalue weighted by molar-refractivity contribution is 0.278. The van der Waals surface area contributed by atoms with E-state index in [4.69, 9.17) is 5.10 Å². The van der Waals surface area contributed by atoms with E-state index in [2.05, 4.69) is 17.1 Å². The number of aromatic nitrogens is 3. The Kier molecular flexibility index (Phi) is 3.21. The Bertz CT molecular complexity index is 927. The molecule has 0 unspecified atom stereocenters. The number of rotatable bonds is 3. The molecule has 0 atom stereocenters. The van der Waals surface area contributed by atoms with Crippen molar-refractivity contribution in [2.24, 2.45) is 0 Å². The first-order valence-electron chi connectivity index (χ1n) is 6.95. The van der Waals surface area contributed by atoms with E-state index in [0.29, 0.717) is 5.69 Å². The number of aliphatic hydroxyl groups excluding tert-OH is 1. The highest BCUT2D eigenvalue weighted by Gasteiger charge is 2.15. The van der Waals surface area contributed by atoms with Crippen molar-refractivity contribution in [1.29, 1.82) is 0 Å². The number of thiazole rings is 1. The molecule has 0 aliphatic rings. The highest BCUT2D eigenvalue weighted by Crippen LogP contribution is 2.31. The summed E-state index contributed by atoms with van der Waals surface area (Å²) < 4.78 is 1.94. The van der Waals surface area contributed by atoms with Crippen LogP contribution in [-0.4, -0.2) is 19.9 Å². The average molecular weight is 307 g/mol. The molecule has 0 bridgehead atoms. The molecule has 1 N–H and O–H groups in total. The van der Waals surface area contributed by atoms with Gasteiger partial charge < -0.3 is 5.11 Å². The number of hydrogen-bond donors (Lipinski definition) is 1. The van der Waals surface area contributed by atoms with Gasteiger partial charge in [-0.05, 0) is 18.2 Å². The van der Waals surface area contributed by atoms with Gasteiger partial charge in [-0.15, -0.1) is 11.3 Å². The van der Waals surface area contributed by atoms with E-state index < -0.39 is 0 Å². The van der Waals surface area contributed by atoms with Gasteiger partial charge in [-0.1, -0.05) is 36.4 Å². The van der Waals surface area contributed by atoms with Gasteiger partial charge in [-0.3, -0.25) is 0 Å². The molecular weight excluding hydrogens is 294 g/mol. The van der Waals surface area contributed by atoms with Crippen molar-refractivity contribution in [2.45, 2.75) is 6.61 Å². The zero-order chi connectivity index (χ0) is 14.9. The first kappa shape index (κ1) is 13.2. The van der Waals surface area contributed by atoms with Gasteiger partial charge in [-0.25, -0.2) is 9.67 Å². The van der Waals surface area contributed by atoms with Crippen molar-refractivity contribution in [2.75, 3.05) is 0 Å². The summed E-state index contributed by atoms with van der Waals surface area (Å²) in [5.41, 5.74) is 3.59. The van der Waals surface area contributed by atoms with Crippen molar-refractivity contribution in [1.82, 2.24) is 14.8 Å². The van der Waals surface area contributed by atoms with Crippen molar-refractivity contribution in [3.8, 4) is 16.4 Å². The van der Waals surface area contributed by atoms with E-state index in [1.807, 2.05) is 52.5 Å². The van der Waals surface area contributed by atoms with Crippen LogP contribution in [0.3, 0.4) is 0 Å². The minimum Gasteiger partial charge on any atom is -0.390 e. The van der Waals surface area contributed by atoms with Crippen LogP contribution in [0, 0.1) is 0 Å². The topological polar surface area (TPSA) is 50.9 Å². The second kappa shape index (κ2) is 5.36. The molecule has 0 radical (unpaired) electrons. The summed E-state index contributed by atoms with van der Waals surface area (Å²) in [5, 5.41) is 17.7. The fraction of sp³-hybridized carbons (Fsp3) is 0.0588. The van der Waals surface area contributed by atoms with Crippen LogP contribution in [-0.2, 0) is 6.61 Å². The first-order valence-corrected chi connectivity index (χ1v) is 7.83. The van der Waals surface area contributed by atoms with Crippen LogP contribution in [0.1, 0.15) is 5.69 Å². The normalized spacial score (nSPS) is 11.1. The van der Waals surface area contributed by atoms with Gasteiger partial charge in [0.1, 0.15) is 10.7 Å². The van der Waals surface area contributed by atoms with Crippen LogP contribution in [0.15, 0.2) is 60.0 Å². The number of benzene rings is 2. The van der Waals surface area contributed by atoms with Crippen LogP contribution in [0.2, 0.25) is 0 Å².